The molecule has 204 valence electrons. The monoisotopic (exact) mass is 547 g/mol. The molecule has 2 heterocycles. The van der Waals surface area contributed by atoms with Crippen LogP contribution in [0.1, 0.15) is 20.3 Å². The van der Waals surface area contributed by atoms with E-state index in [1.54, 1.807) is 27.5 Å². The zero-order valence-corrected chi connectivity index (χ0v) is 23.7. The highest BCUT2D eigenvalue weighted by molar-refractivity contribution is 6.30. The van der Waals surface area contributed by atoms with Crippen molar-refractivity contribution in [1.82, 2.24) is 14.5 Å². The van der Waals surface area contributed by atoms with E-state index < -0.39 is 0 Å². The SMILES string of the molecule is CC=c1c(=CCC)nc2cc(Nc3cccnc3OC)c(=NCC(COC)OC)cc-2n1-c1ccc(Cl)cc1. The molecular weight excluding hydrogens is 514 g/mol. The van der Waals surface area contributed by atoms with Crippen molar-refractivity contribution in [3.8, 4) is 23.0 Å². The molecule has 39 heavy (non-hydrogen) atoms. The van der Waals surface area contributed by atoms with Crippen molar-refractivity contribution in [2.45, 2.75) is 26.4 Å². The maximum absolute atomic E-state index is 6.23. The number of anilines is 2. The Balaban J connectivity index is 2.04. The van der Waals surface area contributed by atoms with E-state index in [0.717, 1.165) is 50.9 Å². The highest BCUT2D eigenvalue weighted by Crippen LogP contribution is 2.27. The summed E-state index contributed by atoms with van der Waals surface area (Å²) < 4.78 is 18.5. The van der Waals surface area contributed by atoms with E-state index in [0.29, 0.717) is 24.1 Å². The van der Waals surface area contributed by atoms with Crippen molar-refractivity contribution in [3.05, 3.63) is 75.8 Å². The van der Waals surface area contributed by atoms with Crippen LogP contribution in [-0.4, -0.2) is 55.1 Å². The number of hydrogen-bond donors (Lipinski definition) is 1. The van der Waals surface area contributed by atoms with Gasteiger partial charge in [-0.15, -0.1) is 0 Å². The number of rotatable bonds is 10. The Kier molecular flexibility index (Phi) is 9.70. The molecule has 9 heteroatoms. The second-order valence-corrected chi connectivity index (χ2v) is 9.23. The molecule has 0 fully saturated rings. The number of nitrogens with one attached hydrogen (secondary N) is 1. The van der Waals surface area contributed by atoms with Crippen molar-refractivity contribution in [3.63, 3.8) is 0 Å². The van der Waals surface area contributed by atoms with Gasteiger partial charge in [0.25, 0.3) is 0 Å². The molecule has 8 nitrogen and oxygen atoms in total. The van der Waals surface area contributed by atoms with E-state index in [2.05, 4.69) is 33.9 Å². The van der Waals surface area contributed by atoms with Crippen LogP contribution in [0.25, 0.3) is 29.2 Å². The van der Waals surface area contributed by atoms with Crippen LogP contribution >= 0.6 is 11.6 Å². The van der Waals surface area contributed by atoms with Crippen molar-refractivity contribution in [1.29, 1.82) is 0 Å². The maximum Gasteiger partial charge on any atom is 0.237 e. The second-order valence-electron chi connectivity index (χ2n) is 8.79. The fourth-order valence-electron chi connectivity index (χ4n) is 4.36. The summed E-state index contributed by atoms with van der Waals surface area (Å²) in [5.74, 6) is 0.484. The summed E-state index contributed by atoms with van der Waals surface area (Å²) in [5, 5.41) is 6.77. The molecule has 0 radical (unpaired) electrons. The molecule has 1 N–H and O–H groups in total. The molecule has 1 unspecified atom stereocenters. The number of nitrogens with zero attached hydrogens (tertiary/aromatic N) is 4. The highest BCUT2D eigenvalue weighted by Gasteiger charge is 2.17. The molecular formula is C30H34ClN5O3. The Morgan fingerprint density at radius 3 is 2.56 bits per heavy atom. The first-order valence-electron chi connectivity index (χ1n) is 12.8. The normalized spacial score (nSPS) is 13.7. The fraction of sp³-hybridized carbons (Fsp3) is 0.300. The summed E-state index contributed by atoms with van der Waals surface area (Å²) in [6.07, 6.45) is 6.56. The number of hydrogen-bond acceptors (Lipinski definition) is 7. The quantitative estimate of drug-likeness (QED) is 0.318. The molecule has 1 aliphatic carbocycles. The van der Waals surface area contributed by atoms with E-state index >= 15 is 0 Å². The van der Waals surface area contributed by atoms with Crippen molar-refractivity contribution < 1.29 is 14.2 Å². The summed E-state index contributed by atoms with van der Waals surface area (Å²) in [6.45, 7) is 4.97. The first-order chi connectivity index (χ1) is 19.0. The number of fused-ring (bicyclic) bond motifs is 1. The van der Waals surface area contributed by atoms with Crippen LogP contribution in [0.4, 0.5) is 11.4 Å². The number of aromatic nitrogens is 3. The molecule has 0 saturated heterocycles. The zero-order valence-electron chi connectivity index (χ0n) is 22.9. The molecule has 0 amide bonds. The first-order valence-corrected chi connectivity index (χ1v) is 13.2. The maximum atomic E-state index is 6.23. The van der Waals surface area contributed by atoms with Crippen LogP contribution in [0.5, 0.6) is 5.88 Å². The molecule has 2 aliphatic rings. The third kappa shape index (κ3) is 6.47. The third-order valence-corrected chi connectivity index (χ3v) is 6.47. The predicted molar refractivity (Wildman–Crippen MR) is 157 cm³/mol. The van der Waals surface area contributed by atoms with E-state index in [9.17, 15) is 0 Å². The number of halogens is 1. The van der Waals surface area contributed by atoms with Gasteiger partial charge in [0.05, 0.1) is 59.5 Å². The van der Waals surface area contributed by atoms with Crippen LogP contribution in [0.2, 0.25) is 5.02 Å². The Labute approximate surface area is 233 Å². The van der Waals surface area contributed by atoms with Crippen molar-refractivity contribution in [2.24, 2.45) is 4.99 Å². The lowest BCUT2D eigenvalue weighted by Crippen LogP contribution is -2.39. The van der Waals surface area contributed by atoms with Gasteiger partial charge in [-0.1, -0.05) is 30.7 Å². The second kappa shape index (κ2) is 13.4. The van der Waals surface area contributed by atoms with Crippen molar-refractivity contribution in [2.75, 3.05) is 39.8 Å². The van der Waals surface area contributed by atoms with Gasteiger partial charge in [0.2, 0.25) is 5.88 Å². The molecule has 2 aromatic rings. The van der Waals surface area contributed by atoms with Crippen LogP contribution in [0, 0.1) is 0 Å². The average molecular weight is 548 g/mol. The van der Waals surface area contributed by atoms with Gasteiger partial charge < -0.3 is 24.1 Å². The van der Waals surface area contributed by atoms with Crippen LogP contribution in [0.3, 0.4) is 0 Å². The molecule has 1 aliphatic heterocycles. The average Bonchev–Trinajstić information content (AvgIpc) is 2.95. The topological polar surface area (TPSA) is 82.8 Å². The van der Waals surface area contributed by atoms with Crippen LogP contribution in [0.15, 0.2) is 59.7 Å². The number of methoxy groups -OCH3 is 3. The zero-order chi connectivity index (χ0) is 27.8. The lowest BCUT2D eigenvalue weighted by molar-refractivity contribution is 0.0340. The third-order valence-electron chi connectivity index (χ3n) is 6.22. The van der Waals surface area contributed by atoms with Gasteiger partial charge in [-0.3, -0.25) is 4.99 Å². The minimum Gasteiger partial charge on any atom is -0.480 e. The number of ether oxygens (including phenoxy) is 3. The Bertz CT molecular complexity index is 1570. The number of pyridine rings is 1. The Hall–Kier alpha value is -3.72. The molecule has 1 aromatic carbocycles. The molecule has 1 atom stereocenters. The molecule has 4 rings (SSSR count). The lowest BCUT2D eigenvalue weighted by atomic mass is 10.1. The summed E-state index contributed by atoms with van der Waals surface area (Å²) in [4.78, 5) is 14.3. The first kappa shape index (κ1) is 28.3. The van der Waals surface area contributed by atoms with Crippen molar-refractivity contribution >= 4 is 35.1 Å². The van der Waals surface area contributed by atoms with Gasteiger partial charge >= 0.3 is 0 Å². The predicted octanol–water partition coefficient (Wildman–Crippen LogP) is 4.33. The number of benzene rings is 2. The van der Waals surface area contributed by atoms with Gasteiger partial charge in [-0.2, -0.15) is 0 Å². The smallest absolute Gasteiger partial charge is 0.237 e. The van der Waals surface area contributed by atoms with Gasteiger partial charge in [0.15, 0.2) is 0 Å². The minimum absolute atomic E-state index is 0.186. The van der Waals surface area contributed by atoms with Gasteiger partial charge in [-0.25, -0.2) is 9.97 Å². The van der Waals surface area contributed by atoms with Gasteiger partial charge in [0.1, 0.15) is 5.69 Å². The van der Waals surface area contributed by atoms with Crippen LogP contribution in [-0.2, 0) is 9.47 Å². The molecule has 0 spiro atoms. The van der Waals surface area contributed by atoms with E-state index in [-0.39, 0.29) is 6.10 Å². The van der Waals surface area contributed by atoms with Crippen LogP contribution < -0.4 is 26.1 Å². The van der Waals surface area contributed by atoms with Gasteiger partial charge in [-0.05, 0) is 61.9 Å². The van der Waals surface area contributed by atoms with E-state index in [1.807, 2.05) is 55.5 Å². The standard InChI is InChI=1S/C30H34ClN5O3/c1-6-9-23-28(7-2)36(21-13-11-20(31)12-14-21)29-17-25(33-18-22(38-4)19-37-3)26(16-27(29)34-23)35-24-10-8-15-32-30(24)39-5/h7-17,22,35H,6,18-19H2,1-5H3. The summed E-state index contributed by atoms with van der Waals surface area (Å²) >= 11 is 6.23. The minimum atomic E-state index is -0.186. The Morgan fingerprint density at radius 2 is 1.90 bits per heavy atom. The molecule has 1 aromatic heterocycles. The largest absolute Gasteiger partial charge is 0.480 e. The summed E-state index contributed by atoms with van der Waals surface area (Å²) in [7, 11) is 4.91. The summed E-state index contributed by atoms with van der Waals surface area (Å²) in [6, 6.07) is 15.6. The van der Waals surface area contributed by atoms with Gasteiger partial charge in [0, 0.05) is 31.1 Å². The summed E-state index contributed by atoms with van der Waals surface area (Å²) in [5.41, 5.74) is 4.18. The fourth-order valence-corrected chi connectivity index (χ4v) is 4.49. The molecule has 0 bridgehead atoms. The Morgan fingerprint density at radius 1 is 1.10 bits per heavy atom. The highest BCUT2D eigenvalue weighted by atomic mass is 35.5. The molecule has 0 saturated carbocycles. The van der Waals surface area contributed by atoms with E-state index in [4.69, 9.17) is 35.8 Å². The van der Waals surface area contributed by atoms with E-state index in [1.165, 1.54) is 0 Å². The lowest BCUT2D eigenvalue weighted by Gasteiger charge is -2.20.